The molecule has 1 aliphatic rings. The van der Waals surface area contributed by atoms with E-state index in [0.29, 0.717) is 22.6 Å². The fourth-order valence-electron chi connectivity index (χ4n) is 3.97. The van der Waals surface area contributed by atoms with Crippen LogP contribution in [0.15, 0.2) is 47.9 Å². The largest absolute Gasteiger partial charge is 0.465 e. The number of amidine groups is 1. The van der Waals surface area contributed by atoms with Gasteiger partial charge in [0.15, 0.2) is 5.84 Å². The van der Waals surface area contributed by atoms with Gasteiger partial charge in [0.25, 0.3) is 0 Å². The monoisotopic (exact) mass is 398 g/mol. The third-order valence-corrected chi connectivity index (χ3v) is 5.78. The van der Waals surface area contributed by atoms with Gasteiger partial charge in [-0.3, -0.25) is 4.98 Å². The molecule has 8 nitrogen and oxygen atoms in total. The van der Waals surface area contributed by atoms with Crippen molar-refractivity contribution in [3.05, 3.63) is 65.0 Å². The minimum atomic E-state index is -1.52. The van der Waals surface area contributed by atoms with Gasteiger partial charge in [-0.25, -0.2) is 4.79 Å². The number of aliphatic hydroxyl groups is 1. The zero-order chi connectivity index (χ0) is 21.4. The van der Waals surface area contributed by atoms with Gasteiger partial charge >= 0.3 is 6.09 Å². The first-order chi connectivity index (χ1) is 13.6. The summed E-state index contributed by atoms with van der Waals surface area (Å²) in [6.45, 7) is 6.35. The Morgan fingerprint density at radius 3 is 2.38 bits per heavy atom. The lowest BCUT2D eigenvalue weighted by atomic mass is 9.62. The van der Waals surface area contributed by atoms with E-state index in [0.717, 1.165) is 5.56 Å². The van der Waals surface area contributed by atoms with Crippen LogP contribution in [0.25, 0.3) is 0 Å². The molecule has 2 aromatic rings. The number of carboxylic acid groups (broad SMARTS) is 1. The Morgan fingerprint density at radius 1 is 1.24 bits per heavy atom. The van der Waals surface area contributed by atoms with Crippen molar-refractivity contribution in [1.82, 2.24) is 9.88 Å². The Kier molecular flexibility index (Phi) is 5.23. The number of hydrogen-bond donors (Lipinski definition) is 4. The van der Waals surface area contributed by atoms with Crippen molar-refractivity contribution < 1.29 is 20.2 Å². The van der Waals surface area contributed by atoms with Gasteiger partial charge in [-0.15, -0.1) is 0 Å². The molecule has 0 bridgehead atoms. The number of oxime groups is 1. The number of hydrogen-bond acceptors (Lipinski definition) is 5. The molecule has 1 aliphatic heterocycles. The number of likely N-dealkylation sites (tertiary alicyclic amines) is 1. The molecule has 1 fully saturated rings. The van der Waals surface area contributed by atoms with E-state index in [4.69, 9.17) is 10.9 Å². The average molecular weight is 398 g/mol. The topological polar surface area (TPSA) is 132 Å². The summed E-state index contributed by atoms with van der Waals surface area (Å²) in [7, 11) is 0. The third kappa shape index (κ3) is 3.40. The Hall–Kier alpha value is -3.13. The highest BCUT2D eigenvalue weighted by molar-refractivity contribution is 5.96. The lowest BCUT2D eigenvalue weighted by molar-refractivity contribution is -0.124. The van der Waals surface area contributed by atoms with E-state index in [2.05, 4.69) is 24.0 Å². The molecule has 2 heterocycles. The second-order valence-corrected chi connectivity index (χ2v) is 8.13. The van der Waals surface area contributed by atoms with Crippen molar-refractivity contribution in [2.24, 2.45) is 16.3 Å². The van der Waals surface area contributed by atoms with Gasteiger partial charge in [-0.1, -0.05) is 50.2 Å². The van der Waals surface area contributed by atoms with E-state index in [1.54, 1.807) is 6.07 Å². The minimum Gasteiger partial charge on any atom is -0.465 e. The fourth-order valence-corrected chi connectivity index (χ4v) is 3.97. The Labute approximate surface area is 169 Å². The molecule has 1 unspecified atom stereocenters. The van der Waals surface area contributed by atoms with Crippen LogP contribution in [0, 0.1) is 5.41 Å². The lowest BCUT2D eigenvalue weighted by Crippen LogP contribution is -2.66. The predicted molar refractivity (Wildman–Crippen MR) is 108 cm³/mol. The van der Waals surface area contributed by atoms with E-state index >= 15 is 0 Å². The third-order valence-electron chi connectivity index (χ3n) is 5.78. The van der Waals surface area contributed by atoms with Crippen molar-refractivity contribution >= 4 is 11.9 Å². The molecule has 29 heavy (non-hydrogen) atoms. The van der Waals surface area contributed by atoms with Crippen LogP contribution in [-0.4, -0.2) is 50.3 Å². The summed E-state index contributed by atoms with van der Waals surface area (Å²) >= 11 is 0. The lowest BCUT2D eigenvalue weighted by Gasteiger charge is -2.55. The van der Waals surface area contributed by atoms with Crippen LogP contribution in [-0.2, 0) is 5.60 Å². The first-order valence-electron chi connectivity index (χ1n) is 9.36. The number of pyridine rings is 1. The van der Waals surface area contributed by atoms with Crippen molar-refractivity contribution in [2.45, 2.75) is 32.3 Å². The van der Waals surface area contributed by atoms with Gasteiger partial charge in [-0.2, -0.15) is 0 Å². The highest BCUT2D eigenvalue weighted by atomic mass is 16.4. The van der Waals surface area contributed by atoms with E-state index in [1.165, 1.54) is 17.3 Å². The molecule has 0 aliphatic carbocycles. The summed E-state index contributed by atoms with van der Waals surface area (Å²) in [5.41, 5.74) is 5.98. The van der Waals surface area contributed by atoms with Crippen LogP contribution in [0.3, 0.4) is 0 Å². The normalized spacial score (nSPS) is 18.2. The van der Waals surface area contributed by atoms with Gasteiger partial charge in [-0.05, 0) is 23.1 Å². The van der Waals surface area contributed by atoms with Crippen LogP contribution in [0.5, 0.6) is 0 Å². The molecule has 0 saturated carbocycles. The van der Waals surface area contributed by atoms with Gasteiger partial charge in [0.2, 0.25) is 0 Å². The summed E-state index contributed by atoms with van der Waals surface area (Å²) in [6.07, 6.45) is 1.94. The van der Waals surface area contributed by atoms with E-state index in [-0.39, 0.29) is 18.9 Å². The van der Waals surface area contributed by atoms with E-state index < -0.39 is 17.1 Å². The number of benzene rings is 1. The standard InChI is InChI=1S/C21H26N4O4/c1-13(2)14-4-6-16(7-5-14)21(28,20(3)11-25(12-20)19(26)27)17-8-15(9-23-10-17)18(22)24-29/h4-10,13,28-29H,11-12H2,1-3H3,(H2,22,24)(H,26,27). The molecular weight excluding hydrogens is 372 g/mol. The number of amides is 1. The maximum absolute atomic E-state index is 12.0. The van der Waals surface area contributed by atoms with Crippen LogP contribution in [0.2, 0.25) is 0 Å². The Balaban J connectivity index is 2.14. The van der Waals surface area contributed by atoms with Crippen LogP contribution in [0.1, 0.15) is 48.9 Å². The SMILES string of the molecule is CC(C)c1ccc(C(O)(c2cncc(/C(N)=N/O)c2)C2(C)CN(C(=O)O)C2)cc1. The summed E-state index contributed by atoms with van der Waals surface area (Å²) in [6, 6.07) is 9.26. The van der Waals surface area contributed by atoms with Crippen molar-refractivity contribution in [2.75, 3.05) is 13.1 Å². The highest BCUT2D eigenvalue weighted by Crippen LogP contribution is 2.50. The molecule has 1 atom stereocenters. The first-order valence-corrected chi connectivity index (χ1v) is 9.36. The van der Waals surface area contributed by atoms with Crippen molar-refractivity contribution in [3.63, 3.8) is 0 Å². The van der Waals surface area contributed by atoms with Gasteiger partial charge in [0, 0.05) is 42.0 Å². The number of aromatic nitrogens is 1. The van der Waals surface area contributed by atoms with E-state index in [1.807, 2.05) is 31.2 Å². The first kappa shape index (κ1) is 20.6. The summed E-state index contributed by atoms with van der Waals surface area (Å²) in [4.78, 5) is 16.8. The second-order valence-electron chi connectivity index (χ2n) is 8.13. The maximum Gasteiger partial charge on any atom is 0.407 e. The Morgan fingerprint density at radius 2 is 1.86 bits per heavy atom. The second kappa shape index (κ2) is 7.36. The molecule has 154 valence electrons. The molecular formula is C21H26N4O4. The number of carbonyl (C=O) groups is 1. The molecule has 1 aromatic carbocycles. The number of rotatable bonds is 5. The molecule has 1 saturated heterocycles. The molecule has 1 aromatic heterocycles. The van der Waals surface area contributed by atoms with Crippen molar-refractivity contribution in [3.8, 4) is 0 Å². The molecule has 3 rings (SSSR count). The van der Waals surface area contributed by atoms with Gasteiger partial charge in [0.05, 0.1) is 0 Å². The minimum absolute atomic E-state index is 0.122. The quantitative estimate of drug-likeness (QED) is 0.265. The smallest absolute Gasteiger partial charge is 0.407 e. The molecule has 8 heteroatoms. The Bertz CT molecular complexity index is 936. The van der Waals surface area contributed by atoms with E-state index in [9.17, 15) is 15.0 Å². The zero-order valence-electron chi connectivity index (χ0n) is 16.7. The van der Waals surface area contributed by atoms with Crippen LogP contribution in [0.4, 0.5) is 4.79 Å². The maximum atomic E-state index is 12.0. The highest BCUT2D eigenvalue weighted by Gasteiger charge is 2.57. The summed E-state index contributed by atoms with van der Waals surface area (Å²) in [5.74, 6) is 0.215. The fraction of sp³-hybridized carbons (Fsp3) is 0.381. The van der Waals surface area contributed by atoms with Crippen LogP contribution < -0.4 is 5.73 Å². The van der Waals surface area contributed by atoms with Crippen molar-refractivity contribution in [1.29, 1.82) is 0 Å². The molecule has 0 spiro atoms. The average Bonchev–Trinajstić information content (AvgIpc) is 2.70. The van der Waals surface area contributed by atoms with Gasteiger partial charge < -0.3 is 26.1 Å². The number of nitrogens with zero attached hydrogens (tertiary/aromatic N) is 3. The number of nitrogens with two attached hydrogens (primary N) is 1. The van der Waals surface area contributed by atoms with Gasteiger partial charge in [0.1, 0.15) is 5.60 Å². The molecule has 0 radical (unpaired) electrons. The predicted octanol–water partition coefficient (Wildman–Crippen LogP) is 2.54. The molecule has 1 amide bonds. The zero-order valence-corrected chi connectivity index (χ0v) is 16.7. The summed E-state index contributed by atoms with van der Waals surface area (Å²) in [5, 5.41) is 33.3. The summed E-state index contributed by atoms with van der Waals surface area (Å²) < 4.78 is 0. The molecule has 5 N–H and O–H groups in total. The van der Waals surface area contributed by atoms with Crippen LogP contribution >= 0.6 is 0 Å².